The van der Waals surface area contributed by atoms with Crippen molar-refractivity contribution in [3.05, 3.63) is 199 Å². The third-order valence-corrected chi connectivity index (χ3v) is 12.5. The maximum atomic E-state index is 7.65. The second-order valence-electron chi connectivity index (χ2n) is 15.4. The Morgan fingerprint density at radius 3 is 1.58 bits per heavy atom. The molecular weight excluding hydrogens is 687 g/mol. The van der Waals surface area contributed by atoms with Crippen molar-refractivity contribution in [2.75, 3.05) is 0 Å². The summed E-state index contributed by atoms with van der Waals surface area (Å²) in [5.41, 5.74) is 11.4. The summed E-state index contributed by atoms with van der Waals surface area (Å²) < 4.78 is 0. The molecule has 0 aliphatic carbocycles. The van der Waals surface area contributed by atoms with Crippen molar-refractivity contribution < 1.29 is 0 Å². The number of hydrogen-bond acceptors (Lipinski definition) is 0. The van der Waals surface area contributed by atoms with Crippen LogP contribution in [0.2, 0.25) is 0 Å². The number of benzene rings is 10. The normalized spacial score (nSPS) is 11.9. The van der Waals surface area contributed by atoms with Gasteiger partial charge < -0.3 is 0 Å². The molecule has 12 aromatic carbocycles. The van der Waals surface area contributed by atoms with Gasteiger partial charge in [0.25, 0.3) is 0 Å². The Kier molecular flexibility index (Phi) is 6.68. The van der Waals surface area contributed by atoms with Crippen molar-refractivity contribution in [2.45, 2.75) is 6.92 Å². The van der Waals surface area contributed by atoms with E-state index in [4.69, 9.17) is 6.57 Å². The van der Waals surface area contributed by atoms with Crippen LogP contribution in [0.4, 0.5) is 5.69 Å². The molecule has 1 heteroatoms. The standard InChI is InChI=1S/C56H33N/c1-33-26-27-38(57-2)31-47(33)37-19-11-18-36(30-37)39-28-29-46-52-42(39)22-12-25-45(52)56-51(35-16-7-4-8-17-35)54-44-24-13-23-43-40-20-9-10-21-41(40)48(53(43)44)32-49(54)50(55(46)56)34-14-5-3-6-15-34/h3-32H,1H3. The predicted octanol–water partition coefficient (Wildman–Crippen LogP) is 16.2. The molecule has 57 heavy (non-hydrogen) atoms. The molecule has 0 aliphatic rings. The van der Waals surface area contributed by atoms with E-state index in [0.717, 1.165) is 16.7 Å². The minimum absolute atomic E-state index is 0.659. The van der Waals surface area contributed by atoms with E-state index >= 15 is 0 Å². The van der Waals surface area contributed by atoms with Crippen molar-refractivity contribution in [2.24, 2.45) is 0 Å². The molecule has 1 nitrogen and oxygen atoms in total. The second-order valence-corrected chi connectivity index (χ2v) is 15.4. The average molecular weight is 720 g/mol. The van der Waals surface area contributed by atoms with Crippen LogP contribution in [0.5, 0.6) is 0 Å². The summed E-state index contributed by atoms with van der Waals surface area (Å²) in [6.45, 7) is 9.77. The van der Waals surface area contributed by atoms with E-state index in [9.17, 15) is 0 Å². The molecule has 0 heterocycles. The summed E-state index contributed by atoms with van der Waals surface area (Å²) >= 11 is 0. The zero-order chi connectivity index (χ0) is 37.8. The summed E-state index contributed by atoms with van der Waals surface area (Å²) in [5, 5.41) is 18.2. The molecule has 0 spiro atoms. The molecule has 0 saturated carbocycles. The van der Waals surface area contributed by atoms with Crippen LogP contribution in [-0.2, 0) is 0 Å². The molecule has 262 valence electrons. The molecule has 0 bridgehead atoms. The van der Waals surface area contributed by atoms with Crippen molar-refractivity contribution in [1.29, 1.82) is 0 Å². The Morgan fingerprint density at radius 2 is 0.842 bits per heavy atom. The molecule has 0 radical (unpaired) electrons. The average Bonchev–Trinajstić information content (AvgIpc) is 3.78. The first-order valence-electron chi connectivity index (χ1n) is 19.6. The molecule has 0 N–H and O–H groups in total. The number of fused-ring (bicyclic) bond motifs is 8. The molecule has 12 rings (SSSR count). The van der Waals surface area contributed by atoms with Crippen LogP contribution in [0.3, 0.4) is 0 Å². The van der Waals surface area contributed by atoms with Gasteiger partial charge in [0.05, 0.1) is 6.57 Å². The highest BCUT2D eigenvalue weighted by Crippen LogP contribution is 2.55. The lowest BCUT2D eigenvalue weighted by Crippen LogP contribution is -1.91. The topological polar surface area (TPSA) is 4.36 Å². The third kappa shape index (κ3) is 4.44. The number of nitrogens with zero attached hydrogens (tertiary/aromatic N) is 1. The van der Waals surface area contributed by atoms with Gasteiger partial charge in [-0.2, -0.15) is 0 Å². The number of aryl methyl sites for hydroxylation is 1. The smallest absolute Gasteiger partial charge is 0.187 e. The molecule has 0 aromatic heterocycles. The highest BCUT2D eigenvalue weighted by Gasteiger charge is 2.27. The summed E-state index contributed by atoms with van der Waals surface area (Å²) in [5.74, 6) is 0. The number of rotatable bonds is 4. The Labute approximate surface area is 330 Å². The van der Waals surface area contributed by atoms with Crippen LogP contribution < -0.4 is 0 Å². The van der Waals surface area contributed by atoms with Crippen molar-refractivity contribution in [3.63, 3.8) is 0 Å². The van der Waals surface area contributed by atoms with Crippen molar-refractivity contribution in [1.82, 2.24) is 0 Å². The Bertz CT molecular complexity index is 3630. The second kappa shape index (κ2) is 12.0. The zero-order valence-electron chi connectivity index (χ0n) is 31.3. The lowest BCUT2D eigenvalue weighted by Gasteiger charge is -2.19. The molecule has 0 aliphatic heterocycles. The van der Waals surface area contributed by atoms with Gasteiger partial charge in [-0.05, 0) is 151 Å². The molecule has 0 atom stereocenters. The van der Waals surface area contributed by atoms with Crippen LogP contribution in [0.15, 0.2) is 182 Å². The first-order valence-corrected chi connectivity index (χ1v) is 19.6. The number of hydrogen-bond donors (Lipinski definition) is 0. The minimum atomic E-state index is 0.659. The highest BCUT2D eigenvalue weighted by molar-refractivity contribution is 6.45. The van der Waals surface area contributed by atoms with Gasteiger partial charge >= 0.3 is 0 Å². The first kappa shape index (κ1) is 31.8. The van der Waals surface area contributed by atoms with Gasteiger partial charge in [0.15, 0.2) is 5.69 Å². The zero-order valence-corrected chi connectivity index (χ0v) is 31.3. The van der Waals surface area contributed by atoms with Gasteiger partial charge in [-0.15, -0.1) is 0 Å². The fraction of sp³-hybridized carbons (Fsp3) is 0.0179. The highest BCUT2D eigenvalue weighted by atomic mass is 14.6. The van der Waals surface area contributed by atoms with Gasteiger partial charge in [0, 0.05) is 0 Å². The summed E-state index contributed by atoms with van der Waals surface area (Å²) in [6, 6.07) is 66.9. The fourth-order valence-corrected chi connectivity index (χ4v) is 10.1. The van der Waals surface area contributed by atoms with Gasteiger partial charge in [-0.1, -0.05) is 164 Å². The van der Waals surface area contributed by atoms with E-state index in [1.807, 2.05) is 12.1 Å². The monoisotopic (exact) mass is 719 g/mol. The lowest BCUT2D eigenvalue weighted by atomic mass is 9.84. The molecule has 0 amide bonds. The SMILES string of the molecule is [C-]#[N+]c1ccc(C)c(-c2cccc(-c3ccc4c5c(-c6ccccc6)c6cc7c8ccccc8c8cccc(c6c(-c6ccccc6)c5c5cccc3c45)c87)c2)c1. The predicted molar refractivity (Wildman–Crippen MR) is 244 cm³/mol. The van der Waals surface area contributed by atoms with Crippen molar-refractivity contribution in [3.8, 4) is 44.5 Å². The van der Waals surface area contributed by atoms with Crippen LogP contribution >= 0.6 is 0 Å². The molecule has 0 unspecified atom stereocenters. The maximum Gasteiger partial charge on any atom is 0.187 e. The fourth-order valence-electron chi connectivity index (χ4n) is 10.1. The molecular formula is C56H33N. The molecule has 12 aromatic rings. The van der Waals surface area contributed by atoms with E-state index in [2.05, 4.69) is 182 Å². The van der Waals surface area contributed by atoms with Gasteiger partial charge in [-0.3, -0.25) is 0 Å². The van der Waals surface area contributed by atoms with Gasteiger partial charge in [0.2, 0.25) is 0 Å². The summed E-state index contributed by atoms with van der Waals surface area (Å²) in [4.78, 5) is 3.73. The largest absolute Gasteiger partial charge is 0.238 e. The first-order chi connectivity index (χ1) is 28.2. The van der Waals surface area contributed by atoms with Crippen molar-refractivity contribution >= 4 is 81.1 Å². The Balaban J connectivity index is 1.27. The van der Waals surface area contributed by atoms with E-state index in [1.165, 1.54) is 109 Å². The Morgan fingerprint density at radius 1 is 0.316 bits per heavy atom. The lowest BCUT2D eigenvalue weighted by molar-refractivity contribution is 1.46. The van der Waals surface area contributed by atoms with E-state index in [-0.39, 0.29) is 0 Å². The quantitative estimate of drug-likeness (QED) is 0.126. The van der Waals surface area contributed by atoms with E-state index < -0.39 is 0 Å². The van der Waals surface area contributed by atoms with Crippen LogP contribution in [0, 0.1) is 13.5 Å². The van der Waals surface area contributed by atoms with Gasteiger partial charge in [-0.25, -0.2) is 4.85 Å². The van der Waals surface area contributed by atoms with E-state index in [1.54, 1.807) is 0 Å². The van der Waals surface area contributed by atoms with Crippen LogP contribution in [0.1, 0.15) is 5.56 Å². The third-order valence-electron chi connectivity index (χ3n) is 12.5. The summed E-state index contributed by atoms with van der Waals surface area (Å²) in [6.07, 6.45) is 0. The van der Waals surface area contributed by atoms with Crippen LogP contribution in [-0.4, -0.2) is 0 Å². The van der Waals surface area contributed by atoms with E-state index in [0.29, 0.717) is 5.69 Å². The van der Waals surface area contributed by atoms with Gasteiger partial charge in [0.1, 0.15) is 0 Å². The molecule has 0 saturated heterocycles. The minimum Gasteiger partial charge on any atom is -0.238 e. The maximum absolute atomic E-state index is 7.65. The molecule has 0 fully saturated rings. The Hall–Kier alpha value is -7.53. The summed E-state index contributed by atoms with van der Waals surface area (Å²) in [7, 11) is 0. The van der Waals surface area contributed by atoms with Crippen LogP contribution in [0.25, 0.3) is 125 Å².